The molecule has 0 radical (unpaired) electrons. The van der Waals surface area contributed by atoms with Crippen LogP contribution >= 0.6 is 0 Å². The average Bonchev–Trinajstić information content (AvgIpc) is 2.88. The molecule has 0 saturated carbocycles. The minimum absolute atomic E-state index is 0.258. The van der Waals surface area contributed by atoms with Gasteiger partial charge in [0.15, 0.2) is 9.84 Å². The van der Waals surface area contributed by atoms with Crippen molar-refractivity contribution in [2.24, 2.45) is 0 Å². The Morgan fingerprint density at radius 2 is 0.974 bits per heavy atom. The third-order valence-corrected chi connectivity index (χ3v) is 8.61. The highest BCUT2D eigenvalue weighted by atomic mass is 32.2. The number of benzene rings is 4. The summed E-state index contributed by atoms with van der Waals surface area (Å²) in [5.41, 5.74) is 15.8. The molecule has 39 heavy (non-hydrogen) atoms. The van der Waals surface area contributed by atoms with Crippen LogP contribution in [0, 0.1) is 0 Å². The molecule has 4 aromatic carbocycles. The number of nitrogen functional groups attached to an aromatic ring is 2. The normalized spacial score (nSPS) is 12.8. The summed E-state index contributed by atoms with van der Waals surface area (Å²) in [6.45, 7) is 2.75. The minimum atomic E-state index is -4.20. The Bertz CT molecular complexity index is 1490. The molecule has 0 heterocycles. The monoisotopic (exact) mass is 542 g/mol. The van der Waals surface area contributed by atoms with E-state index in [2.05, 4.69) is 10.6 Å². The standard InChI is InChI=1S/C30H30N4O4S/c1-19(35)33-23-13-15-27(31)25(17-23)29(21-9-5-3-6-10-21)39(37,38)30(22-11-7-4-8-12-22)26-18-24(34-20(2)36)14-16-28(26)32/h3-18,29-30H,31-32H2,1-2H3,(H,33,35)(H,34,36). The fourth-order valence-electron chi connectivity index (χ4n) is 4.65. The third-order valence-electron chi connectivity index (χ3n) is 6.24. The number of hydrogen-bond acceptors (Lipinski definition) is 6. The number of amides is 2. The fourth-order valence-corrected chi connectivity index (χ4v) is 7.11. The molecule has 0 spiro atoms. The average molecular weight is 543 g/mol. The molecule has 0 saturated heterocycles. The van der Waals surface area contributed by atoms with Gasteiger partial charge in [-0.15, -0.1) is 0 Å². The quantitative estimate of drug-likeness (QED) is 0.229. The lowest BCUT2D eigenvalue weighted by Crippen LogP contribution is -2.25. The largest absolute Gasteiger partial charge is 0.398 e. The van der Waals surface area contributed by atoms with Crippen LogP contribution in [0.1, 0.15) is 46.6 Å². The van der Waals surface area contributed by atoms with Gasteiger partial charge in [0.2, 0.25) is 11.8 Å². The van der Waals surface area contributed by atoms with Gasteiger partial charge in [-0.05, 0) is 58.7 Å². The van der Waals surface area contributed by atoms with Crippen LogP contribution in [0.2, 0.25) is 0 Å². The van der Waals surface area contributed by atoms with E-state index in [4.69, 9.17) is 11.5 Å². The summed E-state index contributed by atoms with van der Waals surface area (Å²) >= 11 is 0. The molecule has 0 bridgehead atoms. The molecule has 6 N–H and O–H groups in total. The van der Waals surface area contributed by atoms with Gasteiger partial charge in [0.25, 0.3) is 0 Å². The van der Waals surface area contributed by atoms with Crippen molar-refractivity contribution in [1.82, 2.24) is 0 Å². The van der Waals surface area contributed by atoms with Crippen LogP contribution < -0.4 is 22.1 Å². The zero-order valence-electron chi connectivity index (χ0n) is 21.6. The van der Waals surface area contributed by atoms with E-state index in [0.717, 1.165) is 0 Å². The lowest BCUT2D eigenvalue weighted by atomic mass is 10.0. The van der Waals surface area contributed by atoms with Crippen molar-refractivity contribution in [1.29, 1.82) is 0 Å². The van der Waals surface area contributed by atoms with E-state index in [0.29, 0.717) is 33.6 Å². The summed E-state index contributed by atoms with van der Waals surface area (Å²) in [6.07, 6.45) is 0. The van der Waals surface area contributed by atoms with Gasteiger partial charge in [0.1, 0.15) is 10.5 Å². The Morgan fingerprint density at radius 3 is 1.31 bits per heavy atom. The van der Waals surface area contributed by atoms with E-state index in [1.54, 1.807) is 97.1 Å². The Hall–Kier alpha value is -4.63. The summed E-state index contributed by atoms with van der Waals surface area (Å²) in [5, 5.41) is 3.00. The Morgan fingerprint density at radius 1 is 0.615 bits per heavy atom. The van der Waals surface area contributed by atoms with Crippen LogP contribution in [0.15, 0.2) is 97.1 Å². The Labute approximate surface area is 228 Å². The van der Waals surface area contributed by atoms with Crippen LogP contribution in [0.4, 0.5) is 22.7 Å². The minimum Gasteiger partial charge on any atom is -0.398 e. The van der Waals surface area contributed by atoms with Gasteiger partial charge in [-0.1, -0.05) is 60.7 Å². The molecular formula is C30H30N4O4S. The Balaban J connectivity index is 2.01. The smallest absolute Gasteiger partial charge is 0.221 e. The third kappa shape index (κ3) is 6.10. The molecule has 0 aliphatic carbocycles. The second-order valence-corrected chi connectivity index (χ2v) is 11.3. The zero-order valence-corrected chi connectivity index (χ0v) is 22.4. The lowest BCUT2D eigenvalue weighted by molar-refractivity contribution is -0.115. The van der Waals surface area contributed by atoms with E-state index in [1.165, 1.54) is 13.8 Å². The van der Waals surface area contributed by atoms with Crippen LogP contribution in [-0.4, -0.2) is 20.2 Å². The molecule has 2 amide bonds. The van der Waals surface area contributed by atoms with Crippen LogP contribution in [0.5, 0.6) is 0 Å². The molecule has 0 aliphatic heterocycles. The van der Waals surface area contributed by atoms with Gasteiger partial charge in [0, 0.05) is 36.6 Å². The summed E-state index contributed by atoms with van der Waals surface area (Å²) < 4.78 is 29.8. The van der Waals surface area contributed by atoms with E-state index >= 15 is 0 Å². The second kappa shape index (κ2) is 11.4. The predicted molar refractivity (Wildman–Crippen MR) is 156 cm³/mol. The first-order valence-corrected chi connectivity index (χ1v) is 13.9. The number of hydrogen-bond donors (Lipinski definition) is 4. The van der Waals surface area contributed by atoms with E-state index in [-0.39, 0.29) is 23.2 Å². The Kier molecular flexibility index (Phi) is 8.01. The van der Waals surface area contributed by atoms with Gasteiger partial charge < -0.3 is 22.1 Å². The van der Waals surface area contributed by atoms with E-state index in [1.807, 2.05) is 0 Å². The number of rotatable bonds is 8. The number of nitrogens with one attached hydrogen (secondary N) is 2. The first-order chi connectivity index (χ1) is 18.6. The van der Waals surface area contributed by atoms with Crippen LogP contribution in [-0.2, 0) is 19.4 Å². The van der Waals surface area contributed by atoms with Crippen molar-refractivity contribution in [3.8, 4) is 0 Å². The summed E-state index contributed by atoms with van der Waals surface area (Å²) in [4.78, 5) is 23.5. The number of anilines is 4. The SMILES string of the molecule is CC(=O)Nc1ccc(N)c(C(c2ccccc2)S(=O)(=O)C(c2ccccc2)c2cc(NC(C)=O)ccc2N)c1. The molecule has 0 fully saturated rings. The molecule has 0 aromatic heterocycles. The maximum Gasteiger partial charge on any atom is 0.221 e. The number of nitrogens with two attached hydrogens (primary N) is 2. The van der Waals surface area contributed by atoms with E-state index < -0.39 is 20.3 Å². The number of sulfone groups is 1. The number of carbonyl (C=O) groups is 2. The predicted octanol–water partition coefficient (Wildman–Crippen LogP) is 5.06. The molecular weight excluding hydrogens is 512 g/mol. The van der Waals surface area contributed by atoms with Crippen molar-refractivity contribution in [3.05, 3.63) is 119 Å². The van der Waals surface area contributed by atoms with Gasteiger partial charge in [-0.25, -0.2) is 8.42 Å². The maximum absolute atomic E-state index is 14.9. The summed E-state index contributed by atoms with van der Waals surface area (Å²) in [7, 11) is -4.20. The van der Waals surface area contributed by atoms with Gasteiger partial charge >= 0.3 is 0 Å². The van der Waals surface area contributed by atoms with Crippen molar-refractivity contribution in [2.75, 3.05) is 22.1 Å². The molecule has 200 valence electrons. The lowest BCUT2D eigenvalue weighted by Gasteiger charge is -2.28. The van der Waals surface area contributed by atoms with Crippen molar-refractivity contribution in [2.45, 2.75) is 24.3 Å². The van der Waals surface area contributed by atoms with Crippen molar-refractivity contribution in [3.63, 3.8) is 0 Å². The molecule has 4 aromatic rings. The summed E-state index contributed by atoms with van der Waals surface area (Å²) in [6, 6.07) is 27.1. The zero-order chi connectivity index (χ0) is 28.2. The van der Waals surface area contributed by atoms with Gasteiger partial charge in [-0.3, -0.25) is 9.59 Å². The molecule has 2 atom stereocenters. The van der Waals surface area contributed by atoms with Crippen molar-refractivity contribution < 1.29 is 18.0 Å². The first kappa shape index (κ1) is 27.4. The summed E-state index contributed by atoms with van der Waals surface area (Å²) in [5.74, 6) is -0.593. The van der Waals surface area contributed by atoms with Crippen LogP contribution in [0.25, 0.3) is 0 Å². The van der Waals surface area contributed by atoms with E-state index in [9.17, 15) is 18.0 Å². The maximum atomic E-state index is 14.9. The molecule has 2 unspecified atom stereocenters. The van der Waals surface area contributed by atoms with Crippen molar-refractivity contribution >= 4 is 44.4 Å². The highest BCUT2D eigenvalue weighted by molar-refractivity contribution is 7.92. The second-order valence-electron chi connectivity index (χ2n) is 9.22. The van der Waals surface area contributed by atoms with Gasteiger partial charge in [-0.2, -0.15) is 0 Å². The number of carbonyl (C=O) groups excluding carboxylic acids is 2. The molecule has 4 rings (SSSR count). The van der Waals surface area contributed by atoms with Gasteiger partial charge in [0.05, 0.1) is 0 Å². The molecule has 9 heteroatoms. The highest BCUT2D eigenvalue weighted by Crippen LogP contribution is 2.46. The topological polar surface area (TPSA) is 144 Å². The molecule has 8 nitrogen and oxygen atoms in total. The van der Waals surface area contributed by atoms with Crippen LogP contribution in [0.3, 0.4) is 0 Å². The highest BCUT2D eigenvalue weighted by Gasteiger charge is 2.40. The fraction of sp³-hybridized carbons (Fsp3) is 0.133. The first-order valence-electron chi connectivity index (χ1n) is 12.2. The molecule has 0 aliphatic rings.